The molecule has 3 aromatic carbocycles. The molecule has 1 heterocycles. The van der Waals surface area contributed by atoms with E-state index in [-0.39, 0.29) is 21.1 Å². The summed E-state index contributed by atoms with van der Waals surface area (Å²) in [4.78, 5) is 4.26. The molecule has 4 rings (SSSR count). The van der Waals surface area contributed by atoms with Crippen molar-refractivity contribution >= 4 is 31.6 Å². The van der Waals surface area contributed by atoms with E-state index in [1.807, 2.05) is 24.3 Å². The van der Waals surface area contributed by atoms with Gasteiger partial charge in [-0.15, -0.1) is 0 Å². The highest BCUT2D eigenvalue weighted by atomic mass is 32.2. The van der Waals surface area contributed by atoms with Crippen molar-refractivity contribution in [2.75, 3.05) is 0 Å². The van der Waals surface area contributed by atoms with E-state index in [1.54, 1.807) is 67.0 Å². The van der Waals surface area contributed by atoms with Gasteiger partial charge in [-0.25, -0.2) is 8.42 Å². The largest absolute Gasteiger partial charge is 0.507 e. The van der Waals surface area contributed by atoms with Crippen LogP contribution in [0.25, 0.3) is 21.8 Å². The van der Waals surface area contributed by atoms with Crippen molar-refractivity contribution in [3.63, 3.8) is 0 Å². The fourth-order valence-corrected chi connectivity index (χ4v) is 4.69. The van der Waals surface area contributed by atoms with E-state index in [9.17, 15) is 13.5 Å². The SMILES string of the molecule is O=S(=O)(/C(=C/c1cccnc1)c1c(O)ccc2ccccc12)c1ccccc1. The monoisotopic (exact) mass is 387 g/mol. The Hall–Kier alpha value is -3.44. The second kappa shape index (κ2) is 7.29. The lowest BCUT2D eigenvalue weighted by molar-refractivity contribution is 0.474. The molecule has 0 aliphatic heterocycles. The summed E-state index contributed by atoms with van der Waals surface area (Å²) in [7, 11) is -3.89. The van der Waals surface area contributed by atoms with Crippen LogP contribution < -0.4 is 0 Å². The topological polar surface area (TPSA) is 67.3 Å². The van der Waals surface area contributed by atoms with Crippen LogP contribution in [-0.4, -0.2) is 18.5 Å². The molecule has 0 radical (unpaired) electrons. The van der Waals surface area contributed by atoms with Crippen LogP contribution in [0.5, 0.6) is 5.75 Å². The molecule has 28 heavy (non-hydrogen) atoms. The normalized spacial score (nSPS) is 12.2. The molecule has 0 saturated heterocycles. The van der Waals surface area contributed by atoms with Gasteiger partial charge in [0.2, 0.25) is 9.84 Å². The van der Waals surface area contributed by atoms with Gasteiger partial charge in [0.15, 0.2) is 0 Å². The summed E-state index contributed by atoms with van der Waals surface area (Å²) >= 11 is 0. The number of sulfone groups is 1. The van der Waals surface area contributed by atoms with Gasteiger partial charge >= 0.3 is 0 Å². The minimum absolute atomic E-state index is 0.0287. The van der Waals surface area contributed by atoms with Crippen LogP contribution in [0.2, 0.25) is 0 Å². The number of hydrogen-bond donors (Lipinski definition) is 1. The van der Waals surface area contributed by atoms with Crippen LogP contribution >= 0.6 is 0 Å². The zero-order valence-electron chi connectivity index (χ0n) is 14.9. The number of phenolic OH excluding ortho intramolecular Hbond substituents is 1. The first kappa shape index (κ1) is 17.9. The van der Waals surface area contributed by atoms with Crippen LogP contribution in [0.15, 0.2) is 96.2 Å². The van der Waals surface area contributed by atoms with Crippen molar-refractivity contribution < 1.29 is 13.5 Å². The molecule has 138 valence electrons. The predicted octanol–water partition coefficient (Wildman–Crippen LogP) is 4.91. The zero-order chi connectivity index (χ0) is 19.6. The van der Waals surface area contributed by atoms with Gasteiger partial charge in [0.25, 0.3) is 0 Å². The second-order valence-corrected chi connectivity index (χ2v) is 8.21. The Morgan fingerprint density at radius 1 is 0.857 bits per heavy atom. The Kier molecular flexibility index (Phi) is 4.67. The lowest BCUT2D eigenvalue weighted by Gasteiger charge is -2.14. The summed E-state index contributed by atoms with van der Waals surface area (Å²) in [6.45, 7) is 0. The van der Waals surface area contributed by atoms with Gasteiger partial charge in [-0.3, -0.25) is 4.98 Å². The third-order valence-corrected chi connectivity index (χ3v) is 6.27. The standard InChI is InChI=1S/C23H17NO3S/c25-21-13-12-18-8-4-5-11-20(18)23(21)22(15-17-7-6-14-24-16-17)28(26,27)19-9-2-1-3-10-19/h1-16,25H/b22-15+. The van der Waals surface area contributed by atoms with E-state index in [4.69, 9.17) is 0 Å². The van der Waals surface area contributed by atoms with Gasteiger partial charge in [-0.1, -0.05) is 54.6 Å². The first-order valence-electron chi connectivity index (χ1n) is 8.70. The number of aromatic hydroxyl groups is 1. The van der Waals surface area contributed by atoms with Crippen molar-refractivity contribution in [1.82, 2.24) is 4.98 Å². The highest BCUT2D eigenvalue weighted by Gasteiger charge is 2.26. The van der Waals surface area contributed by atoms with Crippen molar-refractivity contribution in [3.05, 3.63) is 102 Å². The minimum atomic E-state index is -3.89. The first-order chi connectivity index (χ1) is 13.6. The molecule has 0 aliphatic carbocycles. The van der Waals surface area contributed by atoms with Gasteiger partial charge in [-0.05, 0) is 46.7 Å². The number of benzene rings is 3. The van der Waals surface area contributed by atoms with Gasteiger partial charge in [0.05, 0.1) is 9.80 Å². The highest BCUT2D eigenvalue weighted by molar-refractivity contribution is 8.01. The van der Waals surface area contributed by atoms with E-state index in [1.165, 1.54) is 6.07 Å². The van der Waals surface area contributed by atoms with Crippen LogP contribution in [0.1, 0.15) is 11.1 Å². The van der Waals surface area contributed by atoms with Gasteiger partial charge in [0, 0.05) is 18.0 Å². The number of hydrogen-bond acceptors (Lipinski definition) is 4. The Bertz CT molecular complexity index is 1270. The molecule has 4 nitrogen and oxygen atoms in total. The second-order valence-electron chi connectivity index (χ2n) is 6.29. The van der Waals surface area contributed by atoms with E-state index >= 15 is 0 Å². The van der Waals surface area contributed by atoms with Gasteiger partial charge < -0.3 is 5.11 Å². The molecule has 0 aliphatic rings. The molecule has 0 unspecified atom stereocenters. The van der Waals surface area contributed by atoms with E-state index < -0.39 is 9.84 Å². The number of nitrogens with zero attached hydrogens (tertiary/aromatic N) is 1. The summed E-state index contributed by atoms with van der Waals surface area (Å²) in [5, 5.41) is 12.2. The molecule has 0 fully saturated rings. The lowest BCUT2D eigenvalue weighted by Crippen LogP contribution is -2.05. The Morgan fingerprint density at radius 2 is 1.61 bits per heavy atom. The number of aromatic nitrogens is 1. The van der Waals surface area contributed by atoms with Crippen LogP contribution in [0, 0.1) is 0 Å². The van der Waals surface area contributed by atoms with Crippen LogP contribution in [0.4, 0.5) is 0 Å². The van der Waals surface area contributed by atoms with Gasteiger partial charge in [0.1, 0.15) is 5.75 Å². The van der Waals surface area contributed by atoms with E-state index in [0.29, 0.717) is 10.9 Å². The molecule has 1 N–H and O–H groups in total. The highest BCUT2D eigenvalue weighted by Crippen LogP contribution is 2.39. The smallest absolute Gasteiger partial charge is 0.207 e. The fraction of sp³-hybridized carbons (Fsp3) is 0. The lowest BCUT2D eigenvalue weighted by atomic mass is 10.0. The predicted molar refractivity (Wildman–Crippen MR) is 111 cm³/mol. The molecule has 5 heteroatoms. The summed E-state index contributed by atoms with van der Waals surface area (Å²) in [5.41, 5.74) is 0.912. The molecular weight excluding hydrogens is 370 g/mol. The van der Waals surface area contributed by atoms with Crippen molar-refractivity contribution in [2.45, 2.75) is 4.90 Å². The number of fused-ring (bicyclic) bond motifs is 1. The quantitative estimate of drug-likeness (QED) is 0.540. The first-order valence-corrected chi connectivity index (χ1v) is 10.2. The minimum Gasteiger partial charge on any atom is -0.507 e. The third kappa shape index (κ3) is 3.28. The summed E-state index contributed by atoms with van der Waals surface area (Å²) < 4.78 is 27.1. The Morgan fingerprint density at radius 3 is 2.36 bits per heavy atom. The van der Waals surface area contributed by atoms with Gasteiger partial charge in [-0.2, -0.15) is 0 Å². The molecule has 0 spiro atoms. The molecule has 4 aromatic rings. The van der Waals surface area contributed by atoms with Crippen molar-refractivity contribution in [1.29, 1.82) is 0 Å². The third-order valence-electron chi connectivity index (χ3n) is 4.48. The Balaban J connectivity index is 2.07. The Labute approximate surface area is 163 Å². The van der Waals surface area contributed by atoms with Crippen LogP contribution in [-0.2, 0) is 9.84 Å². The summed E-state index contributed by atoms with van der Waals surface area (Å²) in [5.74, 6) is -0.0895. The number of phenols is 1. The van der Waals surface area contributed by atoms with E-state index in [0.717, 1.165) is 5.39 Å². The van der Waals surface area contributed by atoms with E-state index in [2.05, 4.69) is 4.98 Å². The molecular formula is C23H17NO3S. The summed E-state index contributed by atoms with van der Waals surface area (Å²) in [6, 6.07) is 22.4. The number of rotatable bonds is 4. The fourth-order valence-electron chi connectivity index (χ4n) is 3.14. The number of pyridine rings is 1. The molecule has 0 bridgehead atoms. The molecule has 0 amide bonds. The van der Waals surface area contributed by atoms with Crippen LogP contribution in [0.3, 0.4) is 0 Å². The van der Waals surface area contributed by atoms with Crippen molar-refractivity contribution in [3.8, 4) is 5.75 Å². The molecule has 0 saturated carbocycles. The average molecular weight is 387 g/mol. The molecule has 0 atom stereocenters. The zero-order valence-corrected chi connectivity index (χ0v) is 15.7. The molecule has 1 aromatic heterocycles. The maximum atomic E-state index is 13.5. The average Bonchev–Trinajstić information content (AvgIpc) is 2.74. The maximum Gasteiger partial charge on any atom is 0.207 e. The summed E-state index contributed by atoms with van der Waals surface area (Å²) in [6.07, 6.45) is 4.76. The maximum absolute atomic E-state index is 13.5. The van der Waals surface area contributed by atoms with Crippen molar-refractivity contribution in [2.24, 2.45) is 0 Å².